The first-order valence-electron chi connectivity index (χ1n) is 6.28. The number of thioether (sulfide) groups is 1. The molecule has 1 aliphatic heterocycles. The normalized spacial score (nSPS) is 16.0. The second-order valence-corrected chi connectivity index (χ2v) is 5.23. The van der Waals surface area contributed by atoms with Gasteiger partial charge in [0, 0.05) is 13.1 Å². The van der Waals surface area contributed by atoms with E-state index in [1.165, 1.54) is 7.11 Å². The molecule has 0 aliphatic carbocycles. The first kappa shape index (κ1) is 18.3. The lowest BCUT2D eigenvalue weighted by Gasteiger charge is -2.09. The minimum absolute atomic E-state index is 0. The number of hydrogen-bond donors (Lipinski definition) is 1. The molecule has 120 valence electrons. The van der Waals surface area contributed by atoms with Crippen LogP contribution in [0, 0.1) is 0 Å². The number of benzene rings is 1. The highest BCUT2D eigenvalue weighted by molar-refractivity contribution is 8.18. The van der Waals surface area contributed by atoms with Gasteiger partial charge in [-0.1, -0.05) is 6.07 Å². The molecule has 1 aromatic rings. The topological polar surface area (TPSA) is 81.9 Å². The minimum atomic E-state index is -0.315. The summed E-state index contributed by atoms with van der Waals surface area (Å²) < 4.78 is 10.4. The summed E-state index contributed by atoms with van der Waals surface area (Å²) in [6.45, 7) is 0.482. The number of carbonyl (C=O) groups is 2. The lowest BCUT2D eigenvalue weighted by molar-refractivity contribution is -0.122. The van der Waals surface area contributed by atoms with E-state index in [-0.39, 0.29) is 36.6 Å². The number of imide groups is 1. The Hall–Kier alpha value is -1.70. The van der Waals surface area contributed by atoms with Crippen molar-refractivity contribution in [1.82, 2.24) is 4.90 Å². The van der Waals surface area contributed by atoms with E-state index in [2.05, 4.69) is 0 Å². The Balaban J connectivity index is 0.00000242. The summed E-state index contributed by atoms with van der Waals surface area (Å²) in [5.41, 5.74) is 6.15. The van der Waals surface area contributed by atoms with Crippen LogP contribution in [-0.2, 0) is 4.79 Å². The van der Waals surface area contributed by atoms with Crippen LogP contribution in [0.15, 0.2) is 23.1 Å². The Morgan fingerprint density at radius 3 is 2.50 bits per heavy atom. The van der Waals surface area contributed by atoms with Crippen LogP contribution in [-0.4, -0.2) is 43.4 Å². The van der Waals surface area contributed by atoms with E-state index in [1.807, 2.05) is 0 Å². The molecule has 0 saturated carbocycles. The van der Waals surface area contributed by atoms with Crippen LogP contribution in [0.1, 0.15) is 5.56 Å². The molecule has 0 spiro atoms. The number of carbonyl (C=O) groups excluding carboxylic acids is 2. The summed E-state index contributed by atoms with van der Waals surface area (Å²) in [7, 11) is 3.09. The average Bonchev–Trinajstić information content (AvgIpc) is 2.75. The van der Waals surface area contributed by atoms with Gasteiger partial charge in [0.1, 0.15) is 0 Å². The van der Waals surface area contributed by atoms with Gasteiger partial charge in [0.25, 0.3) is 11.1 Å². The van der Waals surface area contributed by atoms with Crippen molar-refractivity contribution in [3.8, 4) is 11.5 Å². The standard InChI is InChI=1S/C14H16N2O4S.ClH/c1-19-10-4-3-9(7-11(10)20-2)8-12-13(17)16(6-5-15)14(18)21-12;/h3-4,7-8H,5-6,15H2,1-2H3;1H/b12-8-;. The van der Waals surface area contributed by atoms with E-state index in [4.69, 9.17) is 15.2 Å². The van der Waals surface area contributed by atoms with Gasteiger partial charge in [-0.2, -0.15) is 0 Å². The summed E-state index contributed by atoms with van der Waals surface area (Å²) in [5, 5.41) is -0.294. The molecule has 1 saturated heterocycles. The monoisotopic (exact) mass is 344 g/mol. The molecular formula is C14H17ClN2O4S. The number of halogens is 1. The number of rotatable bonds is 5. The fraction of sp³-hybridized carbons (Fsp3) is 0.286. The molecule has 0 aromatic heterocycles. The molecule has 0 radical (unpaired) electrons. The van der Waals surface area contributed by atoms with E-state index >= 15 is 0 Å². The maximum absolute atomic E-state index is 12.1. The summed E-state index contributed by atoms with van der Waals surface area (Å²) in [6.07, 6.45) is 1.66. The first-order chi connectivity index (χ1) is 10.1. The third-order valence-electron chi connectivity index (χ3n) is 2.93. The van der Waals surface area contributed by atoms with E-state index in [9.17, 15) is 9.59 Å². The van der Waals surface area contributed by atoms with Crippen LogP contribution in [0.5, 0.6) is 11.5 Å². The van der Waals surface area contributed by atoms with Crippen LogP contribution >= 0.6 is 24.2 Å². The second-order valence-electron chi connectivity index (χ2n) is 4.24. The molecule has 1 aliphatic rings. The maximum atomic E-state index is 12.1. The third-order valence-corrected chi connectivity index (χ3v) is 3.84. The van der Waals surface area contributed by atoms with E-state index in [1.54, 1.807) is 31.4 Å². The predicted octanol–water partition coefficient (Wildman–Crippen LogP) is 2.12. The molecule has 0 atom stereocenters. The van der Waals surface area contributed by atoms with Crippen molar-refractivity contribution in [3.05, 3.63) is 28.7 Å². The molecule has 1 heterocycles. The first-order valence-corrected chi connectivity index (χ1v) is 7.09. The van der Waals surface area contributed by atoms with Gasteiger partial charge in [0.2, 0.25) is 0 Å². The smallest absolute Gasteiger partial charge is 0.293 e. The second kappa shape index (κ2) is 8.07. The Morgan fingerprint density at radius 1 is 1.23 bits per heavy atom. The number of ether oxygens (including phenoxy) is 2. The highest BCUT2D eigenvalue weighted by Gasteiger charge is 2.34. The van der Waals surface area contributed by atoms with Crippen molar-refractivity contribution in [2.24, 2.45) is 5.73 Å². The molecule has 0 bridgehead atoms. The van der Waals surface area contributed by atoms with Gasteiger partial charge < -0.3 is 15.2 Å². The number of methoxy groups -OCH3 is 2. The number of hydrogen-bond acceptors (Lipinski definition) is 6. The number of nitrogens with zero attached hydrogens (tertiary/aromatic N) is 1. The lowest BCUT2D eigenvalue weighted by Crippen LogP contribution is -2.33. The quantitative estimate of drug-likeness (QED) is 0.824. The van der Waals surface area contributed by atoms with Crippen LogP contribution in [0.3, 0.4) is 0 Å². The van der Waals surface area contributed by atoms with E-state index < -0.39 is 0 Å². The molecule has 6 nitrogen and oxygen atoms in total. The maximum Gasteiger partial charge on any atom is 0.293 e. The molecule has 2 N–H and O–H groups in total. The van der Waals surface area contributed by atoms with Crippen molar-refractivity contribution in [2.75, 3.05) is 27.3 Å². The third kappa shape index (κ3) is 3.73. The molecule has 22 heavy (non-hydrogen) atoms. The van der Waals surface area contributed by atoms with Gasteiger partial charge in [0.15, 0.2) is 11.5 Å². The van der Waals surface area contributed by atoms with Crippen LogP contribution < -0.4 is 15.2 Å². The van der Waals surface area contributed by atoms with Crippen LogP contribution in [0.4, 0.5) is 4.79 Å². The predicted molar refractivity (Wildman–Crippen MR) is 88.5 cm³/mol. The largest absolute Gasteiger partial charge is 0.493 e. The molecule has 1 fully saturated rings. The summed E-state index contributed by atoms with van der Waals surface area (Å²) in [4.78, 5) is 25.3. The van der Waals surface area contributed by atoms with Crippen molar-refractivity contribution >= 4 is 41.4 Å². The van der Waals surface area contributed by atoms with Crippen molar-refractivity contribution in [1.29, 1.82) is 0 Å². The Labute approximate surface area is 139 Å². The Kier molecular flexibility index (Phi) is 6.73. The van der Waals surface area contributed by atoms with Gasteiger partial charge >= 0.3 is 0 Å². The minimum Gasteiger partial charge on any atom is -0.493 e. The zero-order valence-corrected chi connectivity index (χ0v) is 13.8. The van der Waals surface area contributed by atoms with Crippen molar-refractivity contribution in [2.45, 2.75) is 0 Å². The van der Waals surface area contributed by atoms with Gasteiger partial charge in [-0.25, -0.2) is 0 Å². The SMILES string of the molecule is COc1ccc(/C=C2\SC(=O)N(CCN)C2=O)cc1OC.Cl. The van der Waals surface area contributed by atoms with Gasteiger partial charge in [0.05, 0.1) is 19.1 Å². The zero-order valence-electron chi connectivity index (χ0n) is 12.2. The van der Waals surface area contributed by atoms with Crippen molar-refractivity contribution < 1.29 is 19.1 Å². The van der Waals surface area contributed by atoms with E-state index in [0.717, 1.165) is 22.2 Å². The van der Waals surface area contributed by atoms with Crippen molar-refractivity contribution in [3.63, 3.8) is 0 Å². The Morgan fingerprint density at radius 2 is 1.91 bits per heavy atom. The molecule has 2 amide bonds. The average molecular weight is 345 g/mol. The van der Waals surface area contributed by atoms with Gasteiger partial charge in [-0.05, 0) is 35.5 Å². The fourth-order valence-electron chi connectivity index (χ4n) is 1.92. The molecular weight excluding hydrogens is 328 g/mol. The van der Waals surface area contributed by atoms with Crippen LogP contribution in [0.25, 0.3) is 6.08 Å². The highest BCUT2D eigenvalue weighted by atomic mass is 35.5. The van der Waals surface area contributed by atoms with Gasteiger partial charge in [-0.3, -0.25) is 14.5 Å². The molecule has 0 unspecified atom stereocenters. The van der Waals surface area contributed by atoms with Gasteiger partial charge in [-0.15, -0.1) is 12.4 Å². The molecule has 8 heteroatoms. The van der Waals surface area contributed by atoms with Crippen LogP contribution in [0.2, 0.25) is 0 Å². The fourth-order valence-corrected chi connectivity index (χ4v) is 2.78. The van der Waals surface area contributed by atoms with E-state index in [0.29, 0.717) is 16.4 Å². The zero-order chi connectivity index (χ0) is 15.4. The molecule has 2 rings (SSSR count). The Bertz CT molecular complexity index is 607. The highest BCUT2D eigenvalue weighted by Crippen LogP contribution is 2.34. The lowest BCUT2D eigenvalue weighted by atomic mass is 10.2. The summed E-state index contributed by atoms with van der Waals surface area (Å²) in [5.74, 6) is 0.851. The molecule has 1 aromatic carbocycles. The number of amides is 2. The summed E-state index contributed by atoms with van der Waals surface area (Å²) in [6, 6.07) is 5.28. The summed E-state index contributed by atoms with van der Waals surface area (Å²) >= 11 is 0.911. The number of nitrogens with two attached hydrogens (primary N) is 1.